The van der Waals surface area contributed by atoms with Crippen LogP contribution in [0.15, 0.2) is 29.2 Å². The standard InChI is InChI=1S/C18H25N3O4S/c1-6-11-19-26(24,25)15-10-8-9-14(12-15)17(23)21(7-2)13-16(22)20-18(3,4)5/h1,8-10,12,19H,7,11,13H2,2-5H3,(H,20,22). The van der Waals surface area contributed by atoms with Crippen molar-refractivity contribution in [3.63, 3.8) is 0 Å². The minimum absolute atomic E-state index is 0.0613. The van der Waals surface area contributed by atoms with Gasteiger partial charge in [-0.3, -0.25) is 9.59 Å². The highest BCUT2D eigenvalue weighted by molar-refractivity contribution is 7.89. The van der Waals surface area contributed by atoms with Gasteiger partial charge < -0.3 is 10.2 Å². The van der Waals surface area contributed by atoms with Crippen LogP contribution in [0.5, 0.6) is 0 Å². The fourth-order valence-corrected chi connectivity index (χ4v) is 3.14. The van der Waals surface area contributed by atoms with E-state index in [1.165, 1.54) is 29.2 Å². The molecule has 8 heteroatoms. The first-order valence-corrected chi connectivity index (χ1v) is 9.62. The Morgan fingerprint density at radius 3 is 2.46 bits per heavy atom. The zero-order chi connectivity index (χ0) is 20.0. The van der Waals surface area contributed by atoms with E-state index in [0.717, 1.165) is 0 Å². The van der Waals surface area contributed by atoms with Gasteiger partial charge in [0.2, 0.25) is 15.9 Å². The van der Waals surface area contributed by atoms with Crippen molar-refractivity contribution >= 4 is 21.8 Å². The summed E-state index contributed by atoms with van der Waals surface area (Å²) in [6, 6.07) is 5.62. The summed E-state index contributed by atoms with van der Waals surface area (Å²) in [5, 5.41) is 2.79. The predicted molar refractivity (Wildman–Crippen MR) is 99.9 cm³/mol. The van der Waals surface area contributed by atoms with Crippen molar-refractivity contribution in [2.45, 2.75) is 38.1 Å². The maximum atomic E-state index is 12.7. The van der Waals surface area contributed by atoms with Gasteiger partial charge in [-0.2, -0.15) is 4.72 Å². The number of nitrogens with zero attached hydrogens (tertiary/aromatic N) is 1. The van der Waals surface area contributed by atoms with Gasteiger partial charge in [-0.25, -0.2) is 8.42 Å². The fourth-order valence-electron chi connectivity index (χ4n) is 2.16. The topological polar surface area (TPSA) is 95.6 Å². The van der Waals surface area contributed by atoms with Gasteiger partial charge in [0, 0.05) is 17.6 Å². The lowest BCUT2D eigenvalue weighted by atomic mass is 10.1. The smallest absolute Gasteiger partial charge is 0.254 e. The molecule has 1 aromatic carbocycles. The molecule has 0 aliphatic carbocycles. The normalized spacial score (nSPS) is 11.5. The average molecular weight is 379 g/mol. The molecule has 0 saturated carbocycles. The summed E-state index contributed by atoms with van der Waals surface area (Å²) in [6.45, 7) is 7.34. The number of rotatable bonds is 7. The van der Waals surface area contributed by atoms with Gasteiger partial charge in [0.15, 0.2) is 0 Å². The Morgan fingerprint density at radius 1 is 1.27 bits per heavy atom. The van der Waals surface area contributed by atoms with E-state index in [0.29, 0.717) is 6.54 Å². The van der Waals surface area contributed by atoms with Gasteiger partial charge in [0.1, 0.15) is 0 Å². The molecule has 1 aromatic rings. The molecular formula is C18H25N3O4S. The number of terminal acetylenes is 1. The van der Waals surface area contributed by atoms with E-state index in [1.807, 2.05) is 20.8 Å². The predicted octanol–water partition coefficient (Wildman–Crippen LogP) is 0.975. The highest BCUT2D eigenvalue weighted by Gasteiger charge is 2.22. The van der Waals surface area contributed by atoms with Gasteiger partial charge in [0.05, 0.1) is 18.0 Å². The van der Waals surface area contributed by atoms with Crippen LogP contribution in [-0.4, -0.2) is 50.3 Å². The Bertz CT molecular complexity index is 804. The molecule has 0 heterocycles. The molecule has 7 nitrogen and oxygen atoms in total. The number of likely N-dealkylation sites (N-methyl/N-ethyl adjacent to an activating group) is 1. The lowest BCUT2D eigenvalue weighted by Gasteiger charge is -2.25. The quantitative estimate of drug-likeness (QED) is 0.690. The van der Waals surface area contributed by atoms with Gasteiger partial charge in [-0.05, 0) is 45.9 Å². The number of sulfonamides is 1. The zero-order valence-electron chi connectivity index (χ0n) is 15.5. The summed E-state index contributed by atoms with van der Waals surface area (Å²) in [5.74, 6) is 1.48. The van der Waals surface area contributed by atoms with E-state index in [-0.39, 0.29) is 29.5 Å². The van der Waals surface area contributed by atoms with Crippen molar-refractivity contribution < 1.29 is 18.0 Å². The van der Waals surface area contributed by atoms with Crippen LogP contribution >= 0.6 is 0 Å². The molecule has 142 valence electrons. The molecule has 2 N–H and O–H groups in total. The maximum Gasteiger partial charge on any atom is 0.254 e. The number of hydrogen-bond acceptors (Lipinski definition) is 4. The second kappa shape index (κ2) is 8.83. The van der Waals surface area contributed by atoms with Gasteiger partial charge in [0.25, 0.3) is 5.91 Å². The molecular weight excluding hydrogens is 354 g/mol. The third-order valence-electron chi connectivity index (χ3n) is 3.27. The SMILES string of the molecule is C#CCNS(=O)(=O)c1cccc(C(=O)N(CC)CC(=O)NC(C)(C)C)c1. The highest BCUT2D eigenvalue weighted by atomic mass is 32.2. The minimum atomic E-state index is -3.80. The van der Waals surface area contributed by atoms with Crippen molar-refractivity contribution in [2.24, 2.45) is 0 Å². The largest absolute Gasteiger partial charge is 0.350 e. The maximum absolute atomic E-state index is 12.7. The van der Waals surface area contributed by atoms with E-state index in [4.69, 9.17) is 6.42 Å². The lowest BCUT2D eigenvalue weighted by molar-refractivity contribution is -0.123. The van der Waals surface area contributed by atoms with Crippen LogP contribution in [0.3, 0.4) is 0 Å². The first-order valence-electron chi connectivity index (χ1n) is 8.13. The van der Waals surface area contributed by atoms with E-state index in [2.05, 4.69) is 16.0 Å². The van der Waals surface area contributed by atoms with Crippen LogP contribution in [-0.2, 0) is 14.8 Å². The molecule has 0 aliphatic rings. The molecule has 1 rings (SSSR count). The number of carbonyl (C=O) groups is 2. The molecule has 0 unspecified atom stereocenters. The van der Waals surface area contributed by atoms with E-state index in [1.54, 1.807) is 6.92 Å². The number of benzene rings is 1. The summed E-state index contributed by atoms with van der Waals surface area (Å²) in [6.07, 6.45) is 5.06. The number of carbonyl (C=O) groups excluding carboxylic acids is 2. The Balaban J connectivity index is 2.99. The number of nitrogens with one attached hydrogen (secondary N) is 2. The Labute approximate surface area is 155 Å². The first-order chi connectivity index (χ1) is 12.0. The second-order valence-corrected chi connectivity index (χ2v) is 8.44. The summed E-state index contributed by atoms with van der Waals surface area (Å²) < 4.78 is 26.5. The van der Waals surface area contributed by atoms with Crippen LogP contribution in [0, 0.1) is 12.3 Å². The van der Waals surface area contributed by atoms with Crippen LogP contribution in [0.25, 0.3) is 0 Å². The van der Waals surface area contributed by atoms with Crippen LogP contribution in [0.4, 0.5) is 0 Å². The molecule has 0 saturated heterocycles. The summed E-state index contributed by atoms with van der Waals surface area (Å²) in [5.41, 5.74) is -0.227. The molecule has 0 aliphatic heterocycles. The number of amides is 2. The van der Waals surface area contributed by atoms with Crippen LogP contribution in [0.1, 0.15) is 38.1 Å². The summed E-state index contributed by atoms with van der Waals surface area (Å²) in [7, 11) is -3.80. The van der Waals surface area contributed by atoms with Crippen molar-refractivity contribution in [1.29, 1.82) is 0 Å². The third-order valence-corrected chi connectivity index (χ3v) is 4.67. The second-order valence-electron chi connectivity index (χ2n) is 6.67. The molecule has 0 radical (unpaired) electrons. The van der Waals surface area contributed by atoms with Crippen molar-refractivity contribution in [2.75, 3.05) is 19.6 Å². The summed E-state index contributed by atoms with van der Waals surface area (Å²) in [4.78, 5) is 26.0. The van der Waals surface area contributed by atoms with E-state index in [9.17, 15) is 18.0 Å². The lowest BCUT2D eigenvalue weighted by Crippen LogP contribution is -2.47. The molecule has 26 heavy (non-hydrogen) atoms. The molecule has 0 bridgehead atoms. The Morgan fingerprint density at radius 2 is 1.92 bits per heavy atom. The summed E-state index contributed by atoms with van der Waals surface area (Å²) >= 11 is 0. The monoisotopic (exact) mass is 379 g/mol. The van der Waals surface area contributed by atoms with Crippen molar-refractivity contribution in [1.82, 2.24) is 14.9 Å². The molecule has 0 aromatic heterocycles. The van der Waals surface area contributed by atoms with Crippen LogP contribution < -0.4 is 10.0 Å². The molecule has 0 fully saturated rings. The first kappa shape index (κ1) is 21.7. The van der Waals surface area contributed by atoms with Gasteiger partial charge in [-0.1, -0.05) is 12.0 Å². The third kappa shape index (κ3) is 6.50. The van der Waals surface area contributed by atoms with E-state index >= 15 is 0 Å². The Hall–Kier alpha value is -2.37. The number of hydrogen-bond donors (Lipinski definition) is 2. The minimum Gasteiger partial charge on any atom is -0.350 e. The van der Waals surface area contributed by atoms with E-state index < -0.39 is 21.5 Å². The van der Waals surface area contributed by atoms with Crippen molar-refractivity contribution in [3.05, 3.63) is 29.8 Å². The van der Waals surface area contributed by atoms with Gasteiger partial charge >= 0.3 is 0 Å². The van der Waals surface area contributed by atoms with Crippen molar-refractivity contribution in [3.8, 4) is 12.3 Å². The Kier molecular flexibility index (Phi) is 7.36. The van der Waals surface area contributed by atoms with Gasteiger partial charge in [-0.15, -0.1) is 6.42 Å². The highest BCUT2D eigenvalue weighted by Crippen LogP contribution is 2.13. The molecule has 2 amide bonds. The zero-order valence-corrected chi connectivity index (χ0v) is 16.3. The van der Waals surface area contributed by atoms with Crippen LogP contribution in [0.2, 0.25) is 0 Å². The fraction of sp³-hybridized carbons (Fsp3) is 0.444. The average Bonchev–Trinajstić information content (AvgIpc) is 2.56. The molecule has 0 atom stereocenters. The molecule has 0 spiro atoms.